The Balaban J connectivity index is 1.17. The van der Waals surface area contributed by atoms with Gasteiger partial charge in [-0.05, 0) is 63.0 Å². The zero-order chi connectivity index (χ0) is 28.1. The van der Waals surface area contributed by atoms with Crippen molar-refractivity contribution in [2.24, 2.45) is 11.8 Å². The number of nitrogens with zero attached hydrogens (tertiary/aromatic N) is 3. The SMILES string of the molecule is CCCCCC1CN(CC2CCCCC2)C(=O)OC12CCN(C1CCN(C(=O)c3c(C)cccc3C)CC1)CC2. The van der Waals surface area contributed by atoms with Gasteiger partial charge in [0.05, 0.1) is 0 Å². The highest BCUT2D eigenvalue weighted by Gasteiger charge is 2.50. The quantitative estimate of drug-likeness (QED) is 0.327. The third-order valence-corrected chi connectivity index (χ3v) is 10.7. The summed E-state index contributed by atoms with van der Waals surface area (Å²) in [7, 11) is 0. The molecule has 3 aliphatic heterocycles. The molecule has 40 heavy (non-hydrogen) atoms. The molecule has 4 aliphatic rings. The van der Waals surface area contributed by atoms with Crippen LogP contribution in [0.25, 0.3) is 0 Å². The number of benzene rings is 1. The van der Waals surface area contributed by atoms with Crippen LogP contribution in [0.4, 0.5) is 4.79 Å². The van der Waals surface area contributed by atoms with Gasteiger partial charge in [-0.25, -0.2) is 4.79 Å². The summed E-state index contributed by atoms with van der Waals surface area (Å²) in [5.41, 5.74) is 2.73. The smallest absolute Gasteiger partial charge is 0.410 e. The maximum Gasteiger partial charge on any atom is 0.410 e. The number of rotatable bonds is 8. The highest BCUT2D eigenvalue weighted by Crippen LogP contribution is 2.42. The van der Waals surface area contributed by atoms with Gasteiger partial charge in [0.2, 0.25) is 0 Å². The van der Waals surface area contributed by atoms with E-state index in [1.165, 1.54) is 57.8 Å². The second kappa shape index (κ2) is 13.3. The summed E-state index contributed by atoms with van der Waals surface area (Å²) >= 11 is 0. The van der Waals surface area contributed by atoms with Crippen LogP contribution in [0.15, 0.2) is 18.2 Å². The second-order valence-electron chi connectivity index (χ2n) is 13.4. The predicted octanol–water partition coefficient (Wildman–Crippen LogP) is 6.97. The summed E-state index contributed by atoms with van der Waals surface area (Å²) in [5, 5.41) is 0. The fourth-order valence-electron chi connectivity index (χ4n) is 8.18. The number of likely N-dealkylation sites (tertiary alicyclic amines) is 2. The molecule has 1 saturated carbocycles. The standard InChI is InChI=1S/C34H53N3O3/c1-4-5-7-15-29-25-37(24-28-13-8-6-9-14-28)33(39)40-34(29)18-22-35(23-19-34)30-16-20-36(21-17-30)32(38)31-26(2)11-10-12-27(31)3/h10-12,28-30H,4-9,13-25H2,1-3H3. The van der Waals surface area contributed by atoms with Crippen LogP contribution in [0, 0.1) is 25.7 Å². The van der Waals surface area contributed by atoms with Crippen LogP contribution in [-0.4, -0.2) is 77.6 Å². The molecular weight excluding hydrogens is 498 g/mol. The van der Waals surface area contributed by atoms with Crippen LogP contribution < -0.4 is 0 Å². The molecule has 6 heteroatoms. The average Bonchev–Trinajstić information content (AvgIpc) is 2.96. The van der Waals surface area contributed by atoms with Gasteiger partial charge in [-0.3, -0.25) is 9.69 Å². The Morgan fingerprint density at radius 1 is 0.950 bits per heavy atom. The summed E-state index contributed by atoms with van der Waals surface area (Å²) in [6, 6.07) is 6.63. The van der Waals surface area contributed by atoms with Gasteiger partial charge in [-0.2, -0.15) is 0 Å². The van der Waals surface area contributed by atoms with Crippen molar-refractivity contribution in [3.63, 3.8) is 0 Å². The largest absolute Gasteiger partial charge is 0.442 e. The Morgan fingerprint density at radius 2 is 1.62 bits per heavy atom. The summed E-state index contributed by atoms with van der Waals surface area (Å²) in [5.74, 6) is 1.29. The van der Waals surface area contributed by atoms with Gasteiger partial charge < -0.3 is 14.5 Å². The van der Waals surface area contributed by atoms with E-state index in [0.717, 1.165) is 81.6 Å². The molecule has 3 heterocycles. The summed E-state index contributed by atoms with van der Waals surface area (Å²) in [4.78, 5) is 33.4. The number of unbranched alkanes of at least 4 members (excludes halogenated alkanes) is 2. The number of amides is 2. The zero-order valence-electron chi connectivity index (χ0n) is 25.5. The van der Waals surface area contributed by atoms with Crippen LogP contribution in [-0.2, 0) is 4.74 Å². The zero-order valence-corrected chi connectivity index (χ0v) is 25.5. The number of carbonyl (C=O) groups is 2. The van der Waals surface area contributed by atoms with E-state index < -0.39 is 0 Å². The fourth-order valence-corrected chi connectivity index (χ4v) is 8.18. The third kappa shape index (κ3) is 6.53. The first-order chi connectivity index (χ1) is 19.4. The Labute approximate surface area is 242 Å². The van der Waals surface area contributed by atoms with Gasteiger partial charge >= 0.3 is 6.09 Å². The molecule has 0 aromatic heterocycles. The van der Waals surface area contributed by atoms with E-state index in [-0.39, 0.29) is 17.6 Å². The molecule has 1 aromatic carbocycles. The highest BCUT2D eigenvalue weighted by atomic mass is 16.6. The maximum absolute atomic E-state index is 13.3. The summed E-state index contributed by atoms with van der Waals surface area (Å²) in [6.07, 6.45) is 15.3. The molecule has 1 aliphatic carbocycles. The molecule has 0 bridgehead atoms. The van der Waals surface area contributed by atoms with Gasteiger partial charge in [0.15, 0.2) is 0 Å². The number of hydrogen-bond acceptors (Lipinski definition) is 4. The number of hydrogen-bond donors (Lipinski definition) is 0. The molecule has 1 aromatic rings. The average molecular weight is 552 g/mol. The molecule has 2 amide bonds. The Hall–Kier alpha value is -2.08. The topological polar surface area (TPSA) is 53.1 Å². The maximum atomic E-state index is 13.3. The lowest BCUT2D eigenvalue weighted by Gasteiger charge is -2.52. The lowest BCUT2D eigenvalue weighted by Crippen LogP contribution is -2.61. The molecule has 6 nitrogen and oxygen atoms in total. The minimum absolute atomic E-state index is 0.0518. The van der Waals surface area contributed by atoms with Crippen molar-refractivity contribution in [3.8, 4) is 0 Å². The number of aryl methyl sites for hydroxylation is 2. The van der Waals surface area contributed by atoms with Gasteiger partial charge in [-0.1, -0.05) is 63.6 Å². The molecule has 5 rings (SSSR count). The van der Waals surface area contributed by atoms with Gasteiger partial charge in [0.25, 0.3) is 5.91 Å². The molecular formula is C34H53N3O3. The minimum atomic E-state index is -0.288. The molecule has 0 radical (unpaired) electrons. The van der Waals surface area contributed by atoms with Crippen molar-refractivity contribution in [3.05, 3.63) is 34.9 Å². The first kappa shape index (κ1) is 29.4. The highest BCUT2D eigenvalue weighted by molar-refractivity contribution is 5.97. The molecule has 222 valence electrons. The van der Waals surface area contributed by atoms with Crippen molar-refractivity contribution in [2.45, 2.75) is 116 Å². The lowest BCUT2D eigenvalue weighted by molar-refractivity contribution is -0.127. The van der Waals surface area contributed by atoms with Crippen molar-refractivity contribution in [1.29, 1.82) is 0 Å². The van der Waals surface area contributed by atoms with E-state index in [1.54, 1.807) is 0 Å². The summed E-state index contributed by atoms with van der Waals surface area (Å²) in [6.45, 7) is 11.8. The molecule has 1 unspecified atom stereocenters. The van der Waals surface area contributed by atoms with Gasteiger partial charge in [-0.15, -0.1) is 0 Å². The van der Waals surface area contributed by atoms with Crippen LogP contribution in [0.3, 0.4) is 0 Å². The van der Waals surface area contributed by atoms with Gasteiger partial charge in [0, 0.05) is 69.6 Å². The molecule has 1 spiro atoms. The Bertz CT molecular complexity index is 983. The van der Waals surface area contributed by atoms with Crippen molar-refractivity contribution < 1.29 is 14.3 Å². The first-order valence-electron chi connectivity index (χ1n) is 16.5. The second-order valence-corrected chi connectivity index (χ2v) is 13.4. The number of carbonyl (C=O) groups excluding carboxylic acids is 2. The van der Waals surface area contributed by atoms with E-state index in [2.05, 4.69) is 21.6 Å². The van der Waals surface area contributed by atoms with E-state index in [1.807, 2.05) is 32.0 Å². The van der Waals surface area contributed by atoms with E-state index >= 15 is 0 Å². The van der Waals surface area contributed by atoms with Crippen LogP contribution in [0.5, 0.6) is 0 Å². The van der Waals surface area contributed by atoms with Crippen LogP contribution in [0.2, 0.25) is 0 Å². The van der Waals surface area contributed by atoms with Crippen LogP contribution >= 0.6 is 0 Å². The number of piperidine rings is 2. The fraction of sp³-hybridized carbons (Fsp3) is 0.765. The van der Waals surface area contributed by atoms with Crippen molar-refractivity contribution in [2.75, 3.05) is 39.3 Å². The predicted molar refractivity (Wildman–Crippen MR) is 161 cm³/mol. The molecule has 3 saturated heterocycles. The Kier molecular flexibility index (Phi) is 9.76. The van der Waals surface area contributed by atoms with E-state index in [9.17, 15) is 9.59 Å². The Morgan fingerprint density at radius 3 is 2.27 bits per heavy atom. The van der Waals surface area contributed by atoms with Crippen LogP contribution in [0.1, 0.15) is 112 Å². The van der Waals surface area contributed by atoms with Gasteiger partial charge in [0.1, 0.15) is 5.60 Å². The molecule has 4 fully saturated rings. The first-order valence-corrected chi connectivity index (χ1v) is 16.5. The van der Waals surface area contributed by atoms with Crippen molar-refractivity contribution >= 4 is 12.0 Å². The normalized spacial score (nSPS) is 24.9. The number of ether oxygens (including phenoxy) is 1. The lowest BCUT2D eigenvalue weighted by atomic mass is 9.75. The van der Waals surface area contributed by atoms with Crippen molar-refractivity contribution in [1.82, 2.24) is 14.7 Å². The van der Waals surface area contributed by atoms with E-state index in [0.29, 0.717) is 17.9 Å². The third-order valence-electron chi connectivity index (χ3n) is 10.7. The van der Waals surface area contributed by atoms with E-state index in [4.69, 9.17) is 4.74 Å². The summed E-state index contributed by atoms with van der Waals surface area (Å²) < 4.78 is 6.48. The molecule has 0 N–H and O–H groups in total. The minimum Gasteiger partial charge on any atom is -0.442 e. The monoisotopic (exact) mass is 551 g/mol. The molecule has 1 atom stereocenters.